The summed E-state index contributed by atoms with van der Waals surface area (Å²) in [7, 11) is 0. The van der Waals surface area contributed by atoms with Crippen LogP contribution in [0.1, 0.15) is 25.3 Å². The van der Waals surface area contributed by atoms with Crippen molar-refractivity contribution in [3.63, 3.8) is 0 Å². The number of nitrogens with zero attached hydrogens (tertiary/aromatic N) is 2. The van der Waals surface area contributed by atoms with Gasteiger partial charge in [0.15, 0.2) is 6.39 Å². The number of hydrogen-bond donors (Lipinski definition) is 0. The number of pyridine rings is 1. The van der Waals surface area contributed by atoms with Crippen LogP contribution in [0.4, 0.5) is 0 Å². The largest absolute Gasteiger partial charge is 0.427 e. The maximum Gasteiger partial charge on any atom is 0.260 e. The van der Waals surface area contributed by atoms with Crippen molar-refractivity contribution in [2.45, 2.75) is 19.8 Å². The van der Waals surface area contributed by atoms with E-state index in [4.69, 9.17) is 4.42 Å². The summed E-state index contributed by atoms with van der Waals surface area (Å²) in [6.07, 6.45) is 4.50. The van der Waals surface area contributed by atoms with E-state index in [0.29, 0.717) is 5.88 Å². The fourth-order valence-electron chi connectivity index (χ4n) is 1.45. The zero-order chi connectivity index (χ0) is 10.8. The molecule has 4 nitrogen and oxygen atoms in total. The van der Waals surface area contributed by atoms with E-state index < -0.39 is 0 Å². The lowest BCUT2D eigenvalue weighted by molar-refractivity contribution is 0.525. The number of hydrogen-bond acceptors (Lipinski definition) is 3. The van der Waals surface area contributed by atoms with Gasteiger partial charge in [-0.3, -0.25) is 9.36 Å². The summed E-state index contributed by atoms with van der Waals surface area (Å²) in [6, 6.07) is 3.67. The molecule has 0 amide bonds. The van der Waals surface area contributed by atoms with Gasteiger partial charge in [0, 0.05) is 11.8 Å². The van der Waals surface area contributed by atoms with Crippen LogP contribution in [-0.2, 0) is 0 Å². The molecular weight excluding hydrogens is 192 g/mol. The standard InChI is InChI=1S/C11H12N2O2/c1-8(2)9-4-3-5-13(11(9)14)10-6-12-7-15-10/h3-8H,1-2H3. The third-order valence-electron chi connectivity index (χ3n) is 2.26. The van der Waals surface area contributed by atoms with Gasteiger partial charge in [-0.05, 0) is 12.0 Å². The second-order valence-corrected chi connectivity index (χ2v) is 3.63. The molecule has 2 rings (SSSR count). The quantitative estimate of drug-likeness (QED) is 0.751. The lowest BCUT2D eigenvalue weighted by Gasteiger charge is -2.06. The maximum atomic E-state index is 12.0. The van der Waals surface area contributed by atoms with Gasteiger partial charge < -0.3 is 4.42 Å². The van der Waals surface area contributed by atoms with Gasteiger partial charge in [-0.25, -0.2) is 4.98 Å². The maximum absolute atomic E-state index is 12.0. The summed E-state index contributed by atoms with van der Waals surface area (Å²) < 4.78 is 6.55. The van der Waals surface area contributed by atoms with Crippen molar-refractivity contribution in [3.05, 3.63) is 46.8 Å². The van der Waals surface area contributed by atoms with E-state index in [9.17, 15) is 4.79 Å². The third kappa shape index (κ3) is 1.70. The second-order valence-electron chi connectivity index (χ2n) is 3.63. The molecule has 0 aromatic carbocycles. The van der Waals surface area contributed by atoms with Gasteiger partial charge in [0.25, 0.3) is 5.56 Å². The highest BCUT2D eigenvalue weighted by atomic mass is 16.4. The zero-order valence-electron chi connectivity index (χ0n) is 8.68. The molecule has 0 atom stereocenters. The predicted octanol–water partition coefficient (Wildman–Crippen LogP) is 1.95. The Bertz CT molecular complexity index is 498. The first-order valence-electron chi connectivity index (χ1n) is 4.80. The van der Waals surface area contributed by atoms with Crippen LogP contribution in [0.2, 0.25) is 0 Å². The van der Waals surface area contributed by atoms with Gasteiger partial charge in [-0.1, -0.05) is 19.9 Å². The zero-order valence-corrected chi connectivity index (χ0v) is 8.68. The van der Waals surface area contributed by atoms with Crippen LogP contribution < -0.4 is 5.56 Å². The summed E-state index contributed by atoms with van der Waals surface area (Å²) >= 11 is 0. The first-order chi connectivity index (χ1) is 7.20. The molecule has 2 aromatic heterocycles. The molecule has 0 aliphatic rings. The minimum atomic E-state index is -0.0516. The van der Waals surface area contributed by atoms with Gasteiger partial charge in [0.05, 0.1) is 6.20 Å². The average molecular weight is 204 g/mol. The molecule has 0 saturated heterocycles. The molecule has 2 heterocycles. The molecule has 0 N–H and O–H groups in total. The van der Waals surface area contributed by atoms with E-state index in [1.807, 2.05) is 26.0 Å². The van der Waals surface area contributed by atoms with Crippen LogP contribution in [0.25, 0.3) is 5.88 Å². The van der Waals surface area contributed by atoms with Gasteiger partial charge >= 0.3 is 0 Å². The second kappa shape index (κ2) is 3.73. The summed E-state index contributed by atoms with van der Waals surface area (Å²) in [5, 5.41) is 0. The highest BCUT2D eigenvalue weighted by Crippen LogP contribution is 2.10. The van der Waals surface area contributed by atoms with Gasteiger partial charge in [-0.15, -0.1) is 0 Å². The van der Waals surface area contributed by atoms with E-state index in [2.05, 4.69) is 4.98 Å². The van der Waals surface area contributed by atoms with Crippen molar-refractivity contribution in [2.75, 3.05) is 0 Å². The van der Waals surface area contributed by atoms with E-state index in [-0.39, 0.29) is 11.5 Å². The van der Waals surface area contributed by atoms with E-state index in [1.54, 1.807) is 6.20 Å². The topological polar surface area (TPSA) is 48.0 Å². The van der Waals surface area contributed by atoms with Gasteiger partial charge in [-0.2, -0.15) is 0 Å². The van der Waals surface area contributed by atoms with Crippen LogP contribution in [0, 0.1) is 0 Å². The average Bonchev–Trinajstić information content (AvgIpc) is 2.70. The Hall–Kier alpha value is -1.84. The number of oxazole rings is 1. The summed E-state index contributed by atoms with van der Waals surface area (Å²) in [4.78, 5) is 15.8. The van der Waals surface area contributed by atoms with Crippen molar-refractivity contribution in [1.29, 1.82) is 0 Å². The molecule has 0 aliphatic heterocycles. The first-order valence-corrected chi connectivity index (χ1v) is 4.80. The minimum absolute atomic E-state index is 0.0516. The minimum Gasteiger partial charge on any atom is -0.427 e. The Morgan fingerprint density at radius 3 is 2.87 bits per heavy atom. The molecule has 0 spiro atoms. The third-order valence-corrected chi connectivity index (χ3v) is 2.26. The first kappa shape index (κ1) is 9.71. The molecule has 0 radical (unpaired) electrons. The predicted molar refractivity (Wildman–Crippen MR) is 56.2 cm³/mol. The summed E-state index contributed by atoms with van der Waals surface area (Å²) in [5.74, 6) is 0.648. The molecule has 78 valence electrons. The molecule has 2 aromatic rings. The molecule has 0 saturated carbocycles. The van der Waals surface area contributed by atoms with Gasteiger partial charge in [0.1, 0.15) is 0 Å². The summed E-state index contributed by atoms with van der Waals surface area (Å²) in [5.41, 5.74) is 0.721. The van der Waals surface area contributed by atoms with Crippen LogP contribution in [0.3, 0.4) is 0 Å². The Labute approximate surface area is 87.2 Å². The Morgan fingerprint density at radius 1 is 1.47 bits per heavy atom. The van der Waals surface area contributed by atoms with Crippen molar-refractivity contribution in [2.24, 2.45) is 0 Å². The van der Waals surface area contributed by atoms with Crippen molar-refractivity contribution in [1.82, 2.24) is 9.55 Å². The Balaban J connectivity index is 2.60. The number of aromatic nitrogens is 2. The van der Waals surface area contributed by atoms with E-state index in [0.717, 1.165) is 5.56 Å². The molecule has 0 aliphatic carbocycles. The molecular formula is C11H12N2O2. The smallest absolute Gasteiger partial charge is 0.260 e. The molecule has 0 fully saturated rings. The van der Waals surface area contributed by atoms with Crippen LogP contribution in [-0.4, -0.2) is 9.55 Å². The van der Waals surface area contributed by atoms with Crippen LogP contribution in [0.15, 0.2) is 40.1 Å². The van der Waals surface area contributed by atoms with Crippen molar-refractivity contribution >= 4 is 0 Å². The molecule has 0 bridgehead atoms. The van der Waals surface area contributed by atoms with Crippen molar-refractivity contribution < 1.29 is 4.42 Å². The Morgan fingerprint density at radius 2 is 2.27 bits per heavy atom. The van der Waals surface area contributed by atoms with Crippen LogP contribution in [0.5, 0.6) is 0 Å². The highest BCUT2D eigenvalue weighted by molar-refractivity contribution is 5.21. The lowest BCUT2D eigenvalue weighted by atomic mass is 10.1. The molecule has 4 heteroatoms. The lowest BCUT2D eigenvalue weighted by Crippen LogP contribution is -2.21. The fourth-order valence-corrected chi connectivity index (χ4v) is 1.45. The number of rotatable bonds is 2. The van der Waals surface area contributed by atoms with Gasteiger partial charge in [0.2, 0.25) is 5.88 Å². The normalized spacial score (nSPS) is 10.9. The van der Waals surface area contributed by atoms with Crippen LogP contribution >= 0.6 is 0 Å². The van der Waals surface area contributed by atoms with Crippen molar-refractivity contribution in [3.8, 4) is 5.88 Å². The molecule has 15 heavy (non-hydrogen) atoms. The SMILES string of the molecule is CC(C)c1cccn(-c2cnco2)c1=O. The Kier molecular flexibility index (Phi) is 2.41. The van der Waals surface area contributed by atoms with E-state index in [1.165, 1.54) is 17.2 Å². The highest BCUT2D eigenvalue weighted by Gasteiger charge is 2.09. The fraction of sp³-hybridized carbons (Fsp3) is 0.273. The summed E-state index contributed by atoms with van der Waals surface area (Å²) in [6.45, 7) is 3.98. The molecule has 0 unspecified atom stereocenters. The van der Waals surface area contributed by atoms with E-state index >= 15 is 0 Å². The monoisotopic (exact) mass is 204 g/mol.